The van der Waals surface area contributed by atoms with Gasteiger partial charge in [0.25, 0.3) is 0 Å². The van der Waals surface area contributed by atoms with Gasteiger partial charge in [-0.1, -0.05) is 23.7 Å². The fourth-order valence-electron chi connectivity index (χ4n) is 4.31. The van der Waals surface area contributed by atoms with Crippen LogP contribution in [0.1, 0.15) is 12.8 Å². The van der Waals surface area contributed by atoms with Gasteiger partial charge in [0.2, 0.25) is 5.88 Å². The molecule has 9 nitrogen and oxygen atoms in total. The molecule has 3 aliphatic heterocycles. The third-order valence-corrected chi connectivity index (χ3v) is 6.14. The Kier molecular flexibility index (Phi) is 5.63. The van der Waals surface area contributed by atoms with E-state index < -0.39 is 0 Å². The fraction of sp³-hybridized carbons (Fsp3) is 0.304. The summed E-state index contributed by atoms with van der Waals surface area (Å²) in [6.07, 6.45) is 1.71. The topological polar surface area (TPSA) is 92.7 Å². The number of halogens is 1. The van der Waals surface area contributed by atoms with Gasteiger partial charge >= 0.3 is 12.0 Å². The molecule has 0 aliphatic carbocycles. The molecular formula is C23H23ClN6O3. The standard InChI is InChI=1S/C23H23ClN6O3/c1-32-20-13-19(26-22(28-20)33-2)27-23(31)30-16-8-10-29(11-9-16)18-7-6-17(25-21(18)30)14-4-3-5-15(24)12-14/h3-7,12-13,16H,8-11H2,1-2H3,(H,26,27,28,31). The highest BCUT2D eigenvalue weighted by molar-refractivity contribution is 6.30. The van der Waals surface area contributed by atoms with Gasteiger partial charge < -0.3 is 14.4 Å². The van der Waals surface area contributed by atoms with Gasteiger partial charge in [-0.25, -0.2) is 9.78 Å². The number of benzene rings is 1. The first-order valence-corrected chi connectivity index (χ1v) is 11.0. The smallest absolute Gasteiger partial charge is 0.328 e. The van der Waals surface area contributed by atoms with Crippen LogP contribution in [0.25, 0.3) is 11.3 Å². The number of rotatable bonds is 4. The Morgan fingerprint density at radius 3 is 2.61 bits per heavy atom. The van der Waals surface area contributed by atoms with E-state index in [1.165, 1.54) is 14.2 Å². The molecule has 2 amide bonds. The van der Waals surface area contributed by atoms with E-state index in [9.17, 15) is 4.79 Å². The van der Waals surface area contributed by atoms with Gasteiger partial charge in [0, 0.05) is 35.8 Å². The van der Waals surface area contributed by atoms with Crippen molar-refractivity contribution in [2.45, 2.75) is 18.9 Å². The van der Waals surface area contributed by atoms with E-state index in [-0.39, 0.29) is 23.9 Å². The molecule has 2 aromatic heterocycles. The van der Waals surface area contributed by atoms with E-state index in [0.717, 1.165) is 42.9 Å². The summed E-state index contributed by atoms with van der Waals surface area (Å²) in [6, 6.07) is 12.9. The molecule has 0 saturated carbocycles. The van der Waals surface area contributed by atoms with Crippen LogP contribution in [0.4, 0.5) is 22.1 Å². The first-order chi connectivity index (χ1) is 16.1. The number of ether oxygens (including phenoxy) is 2. The summed E-state index contributed by atoms with van der Waals surface area (Å²) in [5, 5.41) is 3.51. The zero-order chi connectivity index (χ0) is 22.9. The lowest BCUT2D eigenvalue weighted by molar-refractivity contribution is 0.253. The van der Waals surface area contributed by atoms with Crippen LogP contribution in [0, 0.1) is 0 Å². The molecule has 10 heteroatoms. The Morgan fingerprint density at radius 2 is 1.88 bits per heavy atom. The molecule has 0 atom stereocenters. The number of urea groups is 1. The van der Waals surface area contributed by atoms with Crippen molar-refractivity contribution < 1.29 is 14.3 Å². The normalized spacial score (nSPS) is 15.1. The maximum atomic E-state index is 13.6. The van der Waals surface area contributed by atoms with Crippen molar-refractivity contribution in [2.75, 3.05) is 42.4 Å². The van der Waals surface area contributed by atoms with Gasteiger partial charge in [0.05, 0.1) is 25.6 Å². The first kappa shape index (κ1) is 21.3. The first-order valence-electron chi connectivity index (χ1n) is 10.6. The van der Waals surface area contributed by atoms with Crippen molar-refractivity contribution in [3.05, 3.63) is 47.5 Å². The van der Waals surface area contributed by atoms with Gasteiger partial charge in [-0.2, -0.15) is 9.97 Å². The van der Waals surface area contributed by atoms with Crippen LogP contribution in [0.2, 0.25) is 5.02 Å². The zero-order valence-electron chi connectivity index (χ0n) is 18.3. The second-order valence-corrected chi connectivity index (χ2v) is 8.29. The predicted octanol–water partition coefficient (Wildman–Crippen LogP) is 4.23. The average Bonchev–Trinajstić information content (AvgIpc) is 3.09. The van der Waals surface area contributed by atoms with Crippen LogP contribution in [0.15, 0.2) is 42.5 Å². The number of amides is 2. The van der Waals surface area contributed by atoms with Crippen molar-refractivity contribution in [1.82, 2.24) is 15.0 Å². The minimum Gasteiger partial charge on any atom is -0.481 e. The Labute approximate surface area is 196 Å². The molecule has 5 heterocycles. The number of nitrogens with one attached hydrogen (secondary N) is 1. The average molecular weight is 467 g/mol. The van der Waals surface area contributed by atoms with E-state index in [1.54, 1.807) is 11.0 Å². The minimum absolute atomic E-state index is 0.0234. The number of fused-ring (bicyclic) bond motifs is 2. The highest BCUT2D eigenvalue weighted by Gasteiger charge is 2.37. The predicted molar refractivity (Wildman–Crippen MR) is 127 cm³/mol. The zero-order valence-corrected chi connectivity index (χ0v) is 19.0. The summed E-state index contributed by atoms with van der Waals surface area (Å²) in [5.74, 6) is 1.20. The number of methoxy groups -OCH3 is 2. The van der Waals surface area contributed by atoms with Gasteiger partial charge in [-0.05, 0) is 37.1 Å². The number of pyridine rings is 1. The Bertz CT molecular complexity index is 1180. The molecule has 1 aromatic carbocycles. The minimum atomic E-state index is -0.316. The van der Waals surface area contributed by atoms with Crippen molar-refractivity contribution in [1.29, 1.82) is 0 Å². The van der Waals surface area contributed by atoms with E-state index in [2.05, 4.69) is 20.2 Å². The SMILES string of the molecule is COc1cc(NC(=O)N2c3nc(-c4cccc(Cl)c4)ccc3N3CCC2CC3)nc(OC)n1. The number of carbonyl (C=O) groups excluding carboxylic acids is 1. The Hall–Kier alpha value is -3.59. The van der Waals surface area contributed by atoms with Crippen molar-refractivity contribution in [3.63, 3.8) is 0 Å². The van der Waals surface area contributed by atoms with Crippen molar-refractivity contribution >= 4 is 35.0 Å². The van der Waals surface area contributed by atoms with Gasteiger partial charge in [0.15, 0.2) is 5.82 Å². The quantitative estimate of drug-likeness (QED) is 0.615. The highest BCUT2D eigenvalue weighted by Crippen LogP contribution is 2.39. The number of nitrogens with zero attached hydrogens (tertiary/aromatic N) is 5. The molecule has 1 saturated heterocycles. The lowest BCUT2D eigenvalue weighted by Crippen LogP contribution is -2.46. The number of anilines is 3. The fourth-order valence-corrected chi connectivity index (χ4v) is 4.50. The summed E-state index contributed by atoms with van der Waals surface area (Å²) in [4.78, 5) is 30.8. The molecule has 6 rings (SSSR count). The number of piperidine rings is 1. The summed E-state index contributed by atoms with van der Waals surface area (Å²) >= 11 is 6.20. The third-order valence-electron chi connectivity index (χ3n) is 5.90. The molecule has 2 bridgehead atoms. The molecule has 0 unspecified atom stereocenters. The molecule has 33 heavy (non-hydrogen) atoms. The molecule has 0 radical (unpaired) electrons. The summed E-state index contributed by atoms with van der Waals surface area (Å²) < 4.78 is 10.3. The van der Waals surface area contributed by atoms with Gasteiger partial charge in [0.1, 0.15) is 5.82 Å². The largest absolute Gasteiger partial charge is 0.481 e. The second kappa shape index (κ2) is 8.74. The monoisotopic (exact) mass is 466 g/mol. The highest BCUT2D eigenvalue weighted by atomic mass is 35.5. The molecule has 1 fully saturated rings. The number of hydrogen-bond acceptors (Lipinski definition) is 7. The van der Waals surface area contributed by atoms with Crippen LogP contribution >= 0.6 is 11.6 Å². The summed E-state index contributed by atoms with van der Waals surface area (Å²) in [6.45, 7) is 1.74. The van der Waals surface area contributed by atoms with Crippen LogP contribution in [-0.4, -0.2) is 54.3 Å². The number of aromatic nitrogens is 3. The summed E-state index contributed by atoms with van der Waals surface area (Å²) in [7, 11) is 2.95. The molecule has 0 spiro atoms. The maximum absolute atomic E-state index is 13.6. The Balaban J connectivity index is 1.54. The van der Waals surface area contributed by atoms with E-state index >= 15 is 0 Å². The molecular weight excluding hydrogens is 444 g/mol. The van der Waals surface area contributed by atoms with Gasteiger partial charge in [-0.3, -0.25) is 10.2 Å². The maximum Gasteiger partial charge on any atom is 0.328 e. The van der Waals surface area contributed by atoms with E-state index in [1.807, 2.05) is 36.4 Å². The number of hydrogen-bond donors (Lipinski definition) is 1. The number of carbonyl (C=O) groups is 1. The van der Waals surface area contributed by atoms with Crippen LogP contribution in [-0.2, 0) is 0 Å². The van der Waals surface area contributed by atoms with Crippen molar-refractivity contribution in [3.8, 4) is 23.1 Å². The van der Waals surface area contributed by atoms with E-state index in [0.29, 0.717) is 16.7 Å². The molecule has 3 aromatic rings. The van der Waals surface area contributed by atoms with E-state index in [4.69, 9.17) is 26.1 Å². The third kappa shape index (κ3) is 4.11. The summed E-state index contributed by atoms with van der Waals surface area (Å²) in [5.41, 5.74) is 2.58. The van der Waals surface area contributed by atoms with Crippen LogP contribution in [0.3, 0.4) is 0 Å². The Morgan fingerprint density at radius 1 is 1.06 bits per heavy atom. The van der Waals surface area contributed by atoms with Crippen molar-refractivity contribution in [2.24, 2.45) is 0 Å². The lowest BCUT2D eigenvalue weighted by atomic mass is 10.1. The lowest BCUT2D eigenvalue weighted by Gasteiger charge is -2.31. The molecule has 170 valence electrons. The molecule has 1 N–H and O–H groups in total. The van der Waals surface area contributed by atoms with Crippen LogP contribution < -0.4 is 24.6 Å². The van der Waals surface area contributed by atoms with Crippen LogP contribution in [0.5, 0.6) is 11.9 Å². The molecule has 3 aliphatic rings. The second-order valence-electron chi connectivity index (χ2n) is 7.85. The van der Waals surface area contributed by atoms with Gasteiger partial charge in [-0.15, -0.1) is 0 Å².